The molecule has 0 aliphatic heterocycles. The number of nitrogens with two attached hydrogens (primary N) is 1. The van der Waals surface area contributed by atoms with Gasteiger partial charge in [0.05, 0.1) is 11.6 Å². The number of carbonyl (C=O) groups is 1. The van der Waals surface area contributed by atoms with Gasteiger partial charge in [-0.15, -0.1) is 0 Å². The van der Waals surface area contributed by atoms with Crippen molar-refractivity contribution in [3.63, 3.8) is 0 Å². The van der Waals surface area contributed by atoms with Crippen molar-refractivity contribution in [1.29, 1.82) is 0 Å². The molecule has 3 N–H and O–H groups in total. The summed E-state index contributed by atoms with van der Waals surface area (Å²) in [6, 6.07) is 2.12. The molecule has 1 aromatic heterocycles. The predicted octanol–water partition coefficient (Wildman–Crippen LogP) is 1.13. The molecule has 19 heavy (non-hydrogen) atoms. The van der Waals surface area contributed by atoms with Crippen LogP contribution in [0.2, 0.25) is 0 Å². The Kier molecular flexibility index (Phi) is 4.58. The zero-order valence-corrected chi connectivity index (χ0v) is 11.9. The van der Waals surface area contributed by atoms with Gasteiger partial charge in [0.25, 0.3) is 0 Å². The van der Waals surface area contributed by atoms with E-state index < -0.39 is 0 Å². The molecule has 5 nitrogen and oxygen atoms in total. The van der Waals surface area contributed by atoms with Gasteiger partial charge in [-0.2, -0.15) is 5.10 Å². The van der Waals surface area contributed by atoms with Crippen LogP contribution in [0.4, 0.5) is 0 Å². The molecule has 1 aliphatic carbocycles. The number of aromatic nitrogens is 2. The average Bonchev–Trinajstić information content (AvgIpc) is 2.91. The van der Waals surface area contributed by atoms with Crippen LogP contribution in [-0.4, -0.2) is 28.3 Å². The van der Waals surface area contributed by atoms with Gasteiger partial charge in [-0.3, -0.25) is 9.48 Å². The van der Waals surface area contributed by atoms with Gasteiger partial charge in [-0.05, 0) is 39.2 Å². The Morgan fingerprint density at radius 1 is 1.53 bits per heavy atom. The lowest BCUT2D eigenvalue weighted by molar-refractivity contribution is -0.125. The molecule has 2 rings (SSSR count). The van der Waals surface area contributed by atoms with Crippen molar-refractivity contribution >= 4 is 5.91 Å². The number of rotatable bonds is 5. The van der Waals surface area contributed by atoms with Gasteiger partial charge in [-0.1, -0.05) is 6.42 Å². The summed E-state index contributed by atoms with van der Waals surface area (Å²) in [5, 5.41) is 7.39. The number of hydrogen-bond acceptors (Lipinski definition) is 3. The first-order valence-electron chi connectivity index (χ1n) is 7.12. The summed E-state index contributed by atoms with van der Waals surface area (Å²) >= 11 is 0. The van der Waals surface area contributed by atoms with Crippen LogP contribution in [0.1, 0.15) is 37.1 Å². The van der Waals surface area contributed by atoms with E-state index in [0.717, 1.165) is 37.9 Å². The van der Waals surface area contributed by atoms with Gasteiger partial charge >= 0.3 is 0 Å². The summed E-state index contributed by atoms with van der Waals surface area (Å²) in [5.74, 6) is 0.145. The molecule has 2 unspecified atom stereocenters. The minimum atomic E-state index is 0.0219. The Morgan fingerprint density at radius 3 is 2.89 bits per heavy atom. The van der Waals surface area contributed by atoms with Crippen LogP contribution in [0.25, 0.3) is 0 Å². The maximum atomic E-state index is 11.9. The van der Waals surface area contributed by atoms with Crippen molar-refractivity contribution in [3.05, 3.63) is 17.5 Å². The molecule has 5 heteroatoms. The number of carbonyl (C=O) groups excluding carboxylic acids is 1. The zero-order chi connectivity index (χ0) is 13.8. The molecule has 1 saturated carbocycles. The van der Waals surface area contributed by atoms with E-state index in [-0.39, 0.29) is 17.9 Å². The molecule has 0 bridgehead atoms. The van der Waals surface area contributed by atoms with Crippen molar-refractivity contribution in [2.75, 3.05) is 6.54 Å². The molecule has 1 amide bonds. The SMILES string of the molecule is Cc1cc(C)n(CCCNC(=O)C2CCCC2N)n1. The largest absolute Gasteiger partial charge is 0.356 e. The topological polar surface area (TPSA) is 72.9 Å². The summed E-state index contributed by atoms with van der Waals surface area (Å²) in [7, 11) is 0. The third-order valence-corrected chi connectivity index (χ3v) is 3.86. The first-order chi connectivity index (χ1) is 9.08. The zero-order valence-electron chi connectivity index (χ0n) is 11.9. The molecular weight excluding hydrogens is 240 g/mol. The molecule has 106 valence electrons. The number of amides is 1. The van der Waals surface area contributed by atoms with E-state index in [9.17, 15) is 4.79 Å². The summed E-state index contributed by atoms with van der Waals surface area (Å²) in [6.07, 6.45) is 3.88. The summed E-state index contributed by atoms with van der Waals surface area (Å²) in [6.45, 7) is 5.58. The van der Waals surface area contributed by atoms with Crippen molar-refractivity contribution in [1.82, 2.24) is 15.1 Å². The van der Waals surface area contributed by atoms with Crippen molar-refractivity contribution in [2.45, 2.75) is 52.1 Å². The van der Waals surface area contributed by atoms with Crippen LogP contribution in [0, 0.1) is 19.8 Å². The first kappa shape index (κ1) is 14.1. The second-order valence-electron chi connectivity index (χ2n) is 5.50. The van der Waals surface area contributed by atoms with Crippen LogP contribution in [0.15, 0.2) is 6.07 Å². The Balaban J connectivity index is 1.69. The quantitative estimate of drug-likeness (QED) is 0.783. The van der Waals surface area contributed by atoms with Crippen molar-refractivity contribution in [2.24, 2.45) is 11.7 Å². The summed E-state index contributed by atoms with van der Waals surface area (Å²) in [5.41, 5.74) is 8.13. The van der Waals surface area contributed by atoms with Crippen LogP contribution < -0.4 is 11.1 Å². The highest BCUT2D eigenvalue weighted by atomic mass is 16.1. The highest BCUT2D eigenvalue weighted by Crippen LogP contribution is 2.23. The van der Waals surface area contributed by atoms with E-state index in [2.05, 4.69) is 23.4 Å². The van der Waals surface area contributed by atoms with E-state index in [1.165, 1.54) is 5.69 Å². The van der Waals surface area contributed by atoms with Crippen LogP contribution in [-0.2, 0) is 11.3 Å². The number of nitrogens with zero attached hydrogens (tertiary/aromatic N) is 2. The number of hydrogen-bond donors (Lipinski definition) is 2. The van der Waals surface area contributed by atoms with Gasteiger partial charge in [0, 0.05) is 24.8 Å². The molecule has 1 fully saturated rings. The lowest BCUT2D eigenvalue weighted by Gasteiger charge is -2.15. The molecule has 0 radical (unpaired) electrons. The fraction of sp³-hybridized carbons (Fsp3) is 0.714. The molecule has 1 aliphatic rings. The van der Waals surface area contributed by atoms with Gasteiger partial charge < -0.3 is 11.1 Å². The molecule has 2 atom stereocenters. The van der Waals surface area contributed by atoms with Gasteiger partial charge in [0.1, 0.15) is 0 Å². The molecule has 0 aromatic carbocycles. The van der Waals surface area contributed by atoms with E-state index in [4.69, 9.17) is 5.73 Å². The monoisotopic (exact) mass is 264 g/mol. The average molecular weight is 264 g/mol. The molecule has 0 saturated heterocycles. The van der Waals surface area contributed by atoms with Crippen molar-refractivity contribution in [3.8, 4) is 0 Å². The second-order valence-corrected chi connectivity index (χ2v) is 5.50. The Morgan fingerprint density at radius 2 is 2.32 bits per heavy atom. The Hall–Kier alpha value is -1.36. The fourth-order valence-electron chi connectivity index (χ4n) is 2.79. The Labute approximate surface area is 114 Å². The fourth-order valence-corrected chi connectivity index (χ4v) is 2.79. The lowest BCUT2D eigenvalue weighted by atomic mass is 10.0. The highest BCUT2D eigenvalue weighted by Gasteiger charge is 2.29. The molecule has 1 heterocycles. The number of nitrogens with one attached hydrogen (secondary N) is 1. The number of aryl methyl sites for hydroxylation is 3. The maximum Gasteiger partial charge on any atom is 0.224 e. The van der Waals surface area contributed by atoms with Crippen LogP contribution in [0.5, 0.6) is 0 Å². The minimum Gasteiger partial charge on any atom is -0.356 e. The predicted molar refractivity (Wildman–Crippen MR) is 74.6 cm³/mol. The third-order valence-electron chi connectivity index (χ3n) is 3.86. The second kappa shape index (κ2) is 6.19. The van der Waals surface area contributed by atoms with Gasteiger partial charge in [0.2, 0.25) is 5.91 Å². The van der Waals surface area contributed by atoms with E-state index in [1.807, 2.05) is 11.6 Å². The Bertz CT molecular complexity index is 441. The van der Waals surface area contributed by atoms with E-state index >= 15 is 0 Å². The smallest absolute Gasteiger partial charge is 0.224 e. The first-order valence-corrected chi connectivity index (χ1v) is 7.12. The molecular formula is C14H24N4O. The van der Waals surface area contributed by atoms with E-state index in [1.54, 1.807) is 0 Å². The van der Waals surface area contributed by atoms with E-state index in [0.29, 0.717) is 6.54 Å². The van der Waals surface area contributed by atoms with Crippen molar-refractivity contribution < 1.29 is 4.79 Å². The highest BCUT2D eigenvalue weighted by molar-refractivity contribution is 5.79. The normalized spacial score (nSPS) is 22.7. The maximum absolute atomic E-state index is 11.9. The minimum absolute atomic E-state index is 0.0219. The van der Waals surface area contributed by atoms with Gasteiger partial charge in [-0.25, -0.2) is 0 Å². The summed E-state index contributed by atoms with van der Waals surface area (Å²) < 4.78 is 1.99. The summed E-state index contributed by atoms with van der Waals surface area (Å²) in [4.78, 5) is 11.9. The molecule has 0 spiro atoms. The third kappa shape index (κ3) is 3.56. The molecule has 1 aromatic rings. The van der Waals surface area contributed by atoms with Crippen LogP contribution in [0.3, 0.4) is 0 Å². The van der Waals surface area contributed by atoms with Gasteiger partial charge in [0.15, 0.2) is 0 Å². The standard InChI is InChI=1S/C14H24N4O/c1-10-9-11(2)18(17-10)8-4-7-16-14(19)12-5-3-6-13(12)15/h9,12-13H,3-8,15H2,1-2H3,(H,16,19). The van der Waals surface area contributed by atoms with Crippen LogP contribution >= 0.6 is 0 Å². The lowest BCUT2D eigenvalue weighted by Crippen LogP contribution is -2.39.